The quantitative estimate of drug-likeness (QED) is 0.372. The van der Waals surface area contributed by atoms with E-state index in [9.17, 15) is 4.79 Å². The van der Waals surface area contributed by atoms with E-state index in [1.807, 2.05) is 54.6 Å². The molecule has 4 rings (SSSR count). The Morgan fingerprint density at radius 3 is 2.27 bits per heavy atom. The molecule has 30 heavy (non-hydrogen) atoms. The highest BCUT2D eigenvalue weighted by Crippen LogP contribution is 2.34. The molecule has 0 atom stereocenters. The number of para-hydroxylation sites is 1. The zero-order valence-electron chi connectivity index (χ0n) is 15.9. The Labute approximate surface area is 184 Å². The van der Waals surface area contributed by atoms with Gasteiger partial charge in [0.1, 0.15) is 0 Å². The number of carbonyl (C=O) groups excluding carboxylic acids is 1. The summed E-state index contributed by atoms with van der Waals surface area (Å²) >= 11 is 6.79. The molecular formula is C22H19N3O3S2. The maximum Gasteiger partial charge on any atom is 0.234 e. The van der Waals surface area contributed by atoms with Crippen LogP contribution in [0.5, 0.6) is 11.5 Å². The Hall–Kier alpha value is -3.23. The Morgan fingerprint density at radius 2 is 1.50 bits per heavy atom. The SMILES string of the molecule is O=C(CSc1ccc(NC(=S)Nc2ccccc2)cc1)Nc1ccc2c(c1)OCO2. The zero-order valence-corrected chi connectivity index (χ0v) is 17.5. The molecule has 0 saturated heterocycles. The number of thioether (sulfide) groups is 1. The molecule has 0 saturated carbocycles. The van der Waals surface area contributed by atoms with Gasteiger partial charge >= 0.3 is 0 Å². The van der Waals surface area contributed by atoms with Gasteiger partial charge in [-0.2, -0.15) is 0 Å². The third-order valence-corrected chi connectivity index (χ3v) is 5.39. The van der Waals surface area contributed by atoms with Crippen LogP contribution in [-0.4, -0.2) is 23.6 Å². The fourth-order valence-corrected chi connectivity index (χ4v) is 3.70. The van der Waals surface area contributed by atoms with E-state index < -0.39 is 0 Å². The van der Waals surface area contributed by atoms with Crippen molar-refractivity contribution in [2.75, 3.05) is 28.5 Å². The lowest BCUT2D eigenvalue weighted by molar-refractivity contribution is -0.113. The van der Waals surface area contributed by atoms with Crippen molar-refractivity contribution >= 4 is 52.1 Å². The highest BCUT2D eigenvalue weighted by atomic mass is 32.2. The van der Waals surface area contributed by atoms with Gasteiger partial charge in [-0.25, -0.2) is 0 Å². The molecule has 1 heterocycles. The Bertz CT molecular complexity index is 1040. The molecule has 1 aliphatic rings. The Morgan fingerprint density at radius 1 is 0.833 bits per heavy atom. The second-order valence-corrected chi connectivity index (χ2v) is 7.83. The first kappa shape index (κ1) is 20.1. The van der Waals surface area contributed by atoms with E-state index in [1.165, 1.54) is 11.8 Å². The van der Waals surface area contributed by atoms with Crippen molar-refractivity contribution in [3.8, 4) is 11.5 Å². The lowest BCUT2D eigenvalue weighted by Gasteiger charge is -2.11. The van der Waals surface area contributed by atoms with Crippen molar-refractivity contribution in [3.05, 3.63) is 72.8 Å². The van der Waals surface area contributed by atoms with Gasteiger partial charge in [-0.15, -0.1) is 11.8 Å². The van der Waals surface area contributed by atoms with Crippen LogP contribution >= 0.6 is 24.0 Å². The van der Waals surface area contributed by atoms with E-state index in [4.69, 9.17) is 21.7 Å². The van der Waals surface area contributed by atoms with Gasteiger partial charge in [0.15, 0.2) is 16.6 Å². The average molecular weight is 438 g/mol. The van der Waals surface area contributed by atoms with Gasteiger partial charge in [0.2, 0.25) is 12.7 Å². The third-order valence-electron chi connectivity index (χ3n) is 4.17. The van der Waals surface area contributed by atoms with E-state index in [2.05, 4.69) is 16.0 Å². The van der Waals surface area contributed by atoms with Crippen LogP contribution in [0.25, 0.3) is 0 Å². The molecular weight excluding hydrogens is 418 g/mol. The Kier molecular flexibility index (Phi) is 6.36. The molecule has 0 bridgehead atoms. The van der Waals surface area contributed by atoms with Crippen molar-refractivity contribution in [1.82, 2.24) is 0 Å². The van der Waals surface area contributed by atoms with Gasteiger partial charge in [0.25, 0.3) is 0 Å². The van der Waals surface area contributed by atoms with E-state index in [0.717, 1.165) is 16.3 Å². The molecule has 1 aliphatic heterocycles. The van der Waals surface area contributed by atoms with Crippen LogP contribution in [0, 0.1) is 0 Å². The van der Waals surface area contributed by atoms with Gasteiger partial charge in [-0.05, 0) is 60.7 Å². The van der Waals surface area contributed by atoms with E-state index in [-0.39, 0.29) is 12.7 Å². The number of carbonyl (C=O) groups is 1. The molecule has 1 amide bonds. The zero-order chi connectivity index (χ0) is 20.8. The molecule has 0 spiro atoms. The van der Waals surface area contributed by atoms with Gasteiger partial charge in [0.05, 0.1) is 5.75 Å². The molecule has 3 aromatic rings. The van der Waals surface area contributed by atoms with E-state index in [1.54, 1.807) is 18.2 Å². The first-order valence-corrected chi connectivity index (χ1v) is 10.6. The summed E-state index contributed by atoms with van der Waals surface area (Å²) in [6.07, 6.45) is 0. The second kappa shape index (κ2) is 9.51. The summed E-state index contributed by atoms with van der Waals surface area (Å²) in [5, 5.41) is 9.66. The summed E-state index contributed by atoms with van der Waals surface area (Å²) in [5.74, 6) is 1.54. The summed E-state index contributed by atoms with van der Waals surface area (Å²) in [6.45, 7) is 0.209. The number of benzene rings is 3. The van der Waals surface area contributed by atoms with Crippen molar-refractivity contribution in [2.24, 2.45) is 0 Å². The summed E-state index contributed by atoms with van der Waals surface area (Å²) < 4.78 is 10.6. The van der Waals surface area contributed by atoms with Crippen LogP contribution in [0.15, 0.2) is 77.7 Å². The van der Waals surface area contributed by atoms with E-state index in [0.29, 0.717) is 28.1 Å². The molecule has 0 aliphatic carbocycles. The minimum atomic E-state index is -0.0886. The van der Waals surface area contributed by atoms with Crippen molar-refractivity contribution < 1.29 is 14.3 Å². The first-order valence-electron chi connectivity index (χ1n) is 9.21. The Balaban J connectivity index is 1.24. The largest absolute Gasteiger partial charge is 0.454 e. The number of hydrogen-bond acceptors (Lipinski definition) is 5. The van der Waals surface area contributed by atoms with Crippen molar-refractivity contribution in [2.45, 2.75) is 4.90 Å². The van der Waals surface area contributed by atoms with Gasteiger partial charge < -0.3 is 25.4 Å². The highest BCUT2D eigenvalue weighted by molar-refractivity contribution is 8.00. The highest BCUT2D eigenvalue weighted by Gasteiger charge is 2.14. The van der Waals surface area contributed by atoms with E-state index >= 15 is 0 Å². The van der Waals surface area contributed by atoms with Crippen LogP contribution in [0.1, 0.15) is 0 Å². The maximum absolute atomic E-state index is 12.2. The maximum atomic E-state index is 12.2. The molecule has 8 heteroatoms. The predicted octanol–water partition coefficient (Wildman–Crippen LogP) is 4.96. The van der Waals surface area contributed by atoms with Crippen LogP contribution < -0.4 is 25.4 Å². The van der Waals surface area contributed by atoms with Crippen LogP contribution in [0.2, 0.25) is 0 Å². The minimum absolute atomic E-state index is 0.0886. The number of nitrogens with one attached hydrogen (secondary N) is 3. The molecule has 0 radical (unpaired) electrons. The standard InChI is InChI=1S/C22H19N3O3S2/c26-21(23-17-8-11-19-20(12-17)28-14-27-19)13-30-18-9-6-16(7-10-18)25-22(29)24-15-4-2-1-3-5-15/h1-12H,13-14H2,(H,23,26)(H2,24,25,29). The molecule has 0 fully saturated rings. The number of thiocarbonyl (C=S) groups is 1. The average Bonchev–Trinajstić information content (AvgIpc) is 3.22. The number of hydrogen-bond donors (Lipinski definition) is 3. The van der Waals surface area contributed by atoms with Gasteiger partial charge in [0, 0.05) is 28.0 Å². The number of fused-ring (bicyclic) bond motifs is 1. The summed E-state index contributed by atoms with van der Waals surface area (Å²) in [7, 11) is 0. The topological polar surface area (TPSA) is 71.6 Å². The fourth-order valence-electron chi connectivity index (χ4n) is 2.77. The van der Waals surface area contributed by atoms with Crippen molar-refractivity contribution in [1.29, 1.82) is 0 Å². The van der Waals surface area contributed by atoms with Crippen LogP contribution in [0.4, 0.5) is 17.1 Å². The fraction of sp³-hybridized carbons (Fsp3) is 0.0909. The monoisotopic (exact) mass is 437 g/mol. The van der Waals surface area contributed by atoms with Crippen molar-refractivity contribution in [3.63, 3.8) is 0 Å². The molecule has 6 nitrogen and oxygen atoms in total. The second-order valence-electron chi connectivity index (χ2n) is 6.37. The summed E-state index contributed by atoms with van der Waals surface area (Å²) in [5.41, 5.74) is 2.48. The molecule has 3 N–H and O–H groups in total. The normalized spacial score (nSPS) is 11.6. The first-order chi connectivity index (χ1) is 14.7. The van der Waals surface area contributed by atoms with Gasteiger partial charge in [-0.1, -0.05) is 18.2 Å². The summed E-state index contributed by atoms with van der Waals surface area (Å²) in [6, 6.07) is 22.8. The number of amides is 1. The predicted molar refractivity (Wildman–Crippen MR) is 125 cm³/mol. The molecule has 152 valence electrons. The number of anilines is 3. The molecule has 0 aromatic heterocycles. The smallest absolute Gasteiger partial charge is 0.234 e. The molecule has 3 aromatic carbocycles. The minimum Gasteiger partial charge on any atom is -0.454 e. The third kappa shape index (κ3) is 5.43. The summed E-state index contributed by atoms with van der Waals surface area (Å²) in [4.78, 5) is 13.2. The van der Waals surface area contributed by atoms with Crippen LogP contribution in [0.3, 0.4) is 0 Å². The lowest BCUT2D eigenvalue weighted by Crippen LogP contribution is -2.18. The number of ether oxygens (including phenoxy) is 2. The lowest BCUT2D eigenvalue weighted by atomic mass is 10.3. The van der Waals surface area contributed by atoms with Crippen LogP contribution in [-0.2, 0) is 4.79 Å². The van der Waals surface area contributed by atoms with Gasteiger partial charge in [-0.3, -0.25) is 4.79 Å². The molecule has 0 unspecified atom stereocenters. The number of rotatable bonds is 6.